The Morgan fingerprint density at radius 1 is 1.53 bits per heavy atom. The van der Waals surface area contributed by atoms with Crippen molar-refractivity contribution < 1.29 is 19.7 Å². The number of ether oxygens (including phenoxy) is 2. The van der Waals surface area contributed by atoms with Crippen molar-refractivity contribution in [2.75, 3.05) is 26.9 Å². The molecular formula is C13H18BrNO4. The highest BCUT2D eigenvalue weighted by Crippen LogP contribution is 2.35. The normalized spacial score (nSPS) is 22.7. The van der Waals surface area contributed by atoms with Crippen LogP contribution in [-0.4, -0.2) is 42.7 Å². The van der Waals surface area contributed by atoms with Crippen LogP contribution in [0.25, 0.3) is 0 Å². The van der Waals surface area contributed by atoms with E-state index < -0.39 is 5.60 Å². The van der Waals surface area contributed by atoms with Gasteiger partial charge in [-0.15, -0.1) is 0 Å². The fraction of sp³-hybridized carbons (Fsp3) is 0.538. The van der Waals surface area contributed by atoms with Gasteiger partial charge < -0.3 is 25.0 Å². The minimum atomic E-state index is -0.766. The number of phenolic OH excluding ortho intramolecular Hbond substituents is 1. The lowest BCUT2D eigenvalue weighted by Gasteiger charge is -2.20. The maximum absolute atomic E-state index is 10.1. The van der Waals surface area contributed by atoms with Crippen LogP contribution in [0.1, 0.15) is 12.0 Å². The molecule has 0 amide bonds. The van der Waals surface area contributed by atoms with Crippen LogP contribution >= 0.6 is 15.9 Å². The molecule has 5 nitrogen and oxygen atoms in total. The molecule has 0 bridgehead atoms. The molecule has 0 aromatic heterocycles. The van der Waals surface area contributed by atoms with Crippen LogP contribution in [0.15, 0.2) is 16.6 Å². The first-order valence-corrected chi connectivity index (χ1v) is 6.89. The lowest BCUT2D eigenvalue weighted by atomic mass is 10.0. The van der Waals surface area contributed by atoms with E-state index in [9.17, 15) is 10.2 Å². The summed E-state index contributed by atoms with van der Waals surface area (Å²) in [5.41, 5.74) is 0.196. The van der Waals surface area contributed by atoms with Crippen molar-refractivity contribution in [1.29, 1.82) is 0 Å². The molecule has 2 rings (SSSR count). The Balaban J connectivity index is 1.94. The van der Waals surface area contributed by atoms with E-state index in [1.807, 2.05) is 6.07 Å². The van der Waals surface area contributed by atoms with Crippen LogP contribution in [0.4, 0.5) is 0 Å². The highest BCUT2D eigenvalue weighted by atomic mass is 79.9. The zero-order chi connectivity index (χ0) is 13.9. The summed E-state index contributed by atoms with van der Waals surface area (Å²) in [5.74, 6) is 0.517. The molecule has 106 valence electrons. The third kappa shape index (κ3) is 3.60. The molecule has 0 spiro atoms. The van der Waals surface area contributed by atoms with Gasteiger partial charge >= 0.3 is 0 Å². The topological polar surface area (TPSA) is 71.0 Å². The molecule has 1 fully saturated rings. The molecule has 6 heteroatoms. The molecule has 1 unspecified atom stereocenters. The van der Waals surface area contributed by atoms with Gasteiger partial charge in [-0.25, -0.2) is 0 Å². The molecule has 0 saturated carbocycles. The number of aromatic hydroxyl groups is 1. The number of hydrogen-bond acceptors (Lipinski definition) is 5. The SMILES string of the molecule is COc1cc(CNCC2(O)CCOC2)cc(Br)c1O. The number of benzene rings is 1. The van der Waals surface area contributed by atoms with Crippen molar-refractivity contribution in [2.24, 2.45) is 0 Å². The number of nitrogens with one attached hydrogen (secondary N) is 1. The summed E-state index contributed by atoms with van der Waals surface area (Å²) in [6.45, 7) is 2.05. The van der Waals surface area contributed by atoms with Crippen LogP contribution in [0, 0.1) is 0 Å². The maximum atomic E-state index is 10.1. The third-order valence-electron chi connectivity index (χ3n) is 3.17. The number of phenols is 1. The summed E-state index contributed by atoms with van der Waals surface area (Å²) in [5, 5.41) is 23.0. The second-order valence-corrected chi connectivity index (χ2v) is 5.61. The molecule has 1 aromatic carbocycles. The molecule has 1 aromatic rings. The van der Waals surface area contributed by atoms with Crippen molar-refractivity contribution in [2.45, 2.75) is 18.6 Å². The Morgan fingerprint density at radius 2 is 2.32 bits per heavy atom. The number of halogens is 1. The van der Waals surface area contributed by atoms with Crippen LogP contribution in [0.2, 0.25) is 0 Å². The number of hydrogen-bond donors (Lipinski definition) is 3. The summed E-state index contributed by atoms with van der Waals surface area (Å²) >= 11 is 3.28. The monoisotopic (exact) mass is 331 g/mol. The minimum Gasteiger partial charge on any atom is -0.503 e. The van der Waals surface area contributed by atoms with E-state index >= 15 is 0 Å². The molecule has 3 N–H and O–H groups in total. The highest BCUT2D eigenvalue weighted by Gasteiger charge is 2.31. The summed E-state index contributed by atoms with van der Waals surface area (Å²) in [6, 6.07) is 3.59. The zero-order valence-electron chi connectivity index (χ0n) is 10.8. The Morgan fingerprint density at radius 3 is 2.95 bits per heavy atom. The van der Waals surface area contributed by atoms with Gasteiger partial charge in [0.05, 0.1) is 18.2 Å². The second-order valence-electron chi connectivity index (χ2n) is 4.76. The smallest absolute Gasteiger partial charge is 0.172 e. The van der Waals surface area contributed by atoms with E-state index in [1.165, 1.54) is 7.11 Å². The summed E-state index contributed by atoms with van der Waals surface area (Å²) in [7, 11) is 1.51. The average molecular weight is 332 g/mol. The first kappa shape index (κ1) is 14.6. The fourth-order valence-electron chi connectivity index (χ4n) is 2.06. The van der Waals surface area contributed by atoms with Gasteiger partial charge in [-0.3, -0.25) is 0 Å². The van der Waals surface area contributed by atoms with Gasteiger partial charge in [0, 0.05) is 26.1 Å². The van der Waals surface area contributed by atoms with E-state index in [1.54, 1.807) is 6.07 Å². The molecule has 0 aliphatic carbocycles. The number of methoxy groups -OCH3 is 1. The number of aliphatic hydroxyl groups is 1. The van der Waals surface area contributed by atoms with Gasteiger partial charge in [0.2, 0.25) is 0 Å². The molecule has 1 saturated heterocycles. The van der Waals surface area contributed by atoms with Crippen molar-refractivity contribution in [3.05, 3.63) is 22.2 Å². The van der Waals surface area contributed by atoms with Gasteiger partial charge in [0.25, 0.3) is 0 Å². The average Bonchev–Trinajstić information content (AvgIpc) is 2.80. The first-order valence-electron chi connectivity index (χ1n) is 6.10. The van der Waals surface area contributed by atoms with Gasteiger partial charge in [-0.2, -0.15) is 0 Å². The highest BCUT2D eigenvalue weighted by molar-refractivity contribution is 9.10. The zero-order valence-corrected chi connectivity index (χ0v) is 12.4. The molecular weight excluding hydrogens is 314 g/mol. The number of rotatable bonds is 5. The molecule has 1 heterocycles. The summed E-state index contributed by atoms with van der Waals surface area (Å²) < 4.78 is 10.9. The second kappa shape index (κ2) is 6.09. The largest absolute Gasteiger partial charge is 0.503 e. The van der Waals surface area contributed by atoms with Crippen molar-refractivity contribution in [3.8, 4) is 11.5 Å². The van der Waals surface area contributed by atoms with Crippen molar-refractivity contribution >= 4 is 15.9 Å². The molecule has 1 atom stereocenters. The Labute approximate surface area is 120 Å². The van der Waals surface area contributed by atoms with Crippen LogP contribution in [0.5, 0.6) is 11.5 Å². The van der Waals surface area contributed by atoms with E-state index in [-0.39, 0.29) is 5.75 Å². The van der Waals surface area contributed by atoms with Crippen molar-refractivity contribution in [3.63, 3.8) is 0 Å². The maximum Gasteiger partial charge on any atom is 0.172 e. The predicted molar refractivity (Wildman–Crippen MR) is 74.5 cm³/mol. The van der Waals surface area contributed by atoms with E-state index in [2.05, 4.69) is 21.2 Å². The molecule has 1 aliphatic heterocycles. The first-order chi connectivity index (χ1) is 9.04. The Bertz CT molecular complexity index is 447. The fourth-order valence-corrected chi connectivity index (χ4v) is 2.55. The van der Waals surface area contributed by atoms with Gasteiger partial charge in [0.1, 0.15) is 5.60 Å². The summed E-state index contributed by atoms with van der Waals surface area (Å²) in [4.78, 5) is 0. The quantitative estimate of drug-likeness (QED) is 0.760. The Hall–Kier alpha value is -0.820. The van der Waals surface area contributed by atoms with Gasteiger partial charge in [-0.1, -0.05) is 0 Å². The lowest BCUT2D eigenvalue weighted by Crippen LogP contribution is -2.40. The van der Waals surface area contributed by atoms with Crippen molar-refractivity contribution in [1.82, 2.24) is 5.32 Å². The van der Waals surface area contributed by atoms with Gasteiger partial charge in [-0.05, 0) is 33.6 Å². The van der Waals surface area contributed by atoms with Gasteiger partial charge in [0.15, 0.2) is 11.5 Å². The lowest BCUT2D eigenvalue weighted by molar-refractivity contribution is 0.0268. The summed E-state index contributed by atoms with van der Waals surface area (Å²) in [6.07, 6.45) is 0.655. The van der Waals surface area contributed by atoms with Crippen LogP contribution in [-0.2, 0) is 11.3 Å². The minimum absolute atomic E-state index is 0.0917. The van der Waals surface area contributed by atoms with Crippen LogP contribution < -0.4 is 10.1 Å². The van der Waals surface area contributed by atoms with E-state index in [0.29, 0.717) is 42.9 Å². The molecule has 0 radical (unpaired) electrons. The van der Waals surface area contributed by atoms with Crippen LogP contribution in [0.3, 0.4) is 0 Å². The van der Waals surface area contributed by atoms with E-state index in [4.69, 9.17) is 9.47 Å². The predicted octanol–water partition coefficient (Wildman–Crippen LogP) is 1.40. The molecule has 19 heavy (non-hydrogen) atoms. The Kier molecular flexibility index (Phi) is 4.67. The molecule has 1 aliphatic rings. The third-order valence-corrected chi connectivity index (χ3v) is 3.78. The standard InChI is InChI=1S/C13H18BrNO4/c1-18-11-5-9(4-10(14)12(11)16)6-15-7-13(17)2-3-19-8-13/h4-5,15-17H,2-3,6-8H2,1H3. The van der Waals surface area contributed by atoms with E-state index in [0.717, 1.165) is 5.56 Å².